The molecule has 4 atom stereocenters. The third-order valence-corrected chi connectivity index (χ3v) is 5.69. The maximum Gasteiger partial charge on any atom is -0.0135 e. The Bertz CT molecular complexity index is 398. The summed E-state index contributed by atoms with van der Waals surface area (Å²) in [5.41, 5.74) is 5.39. The summed E-state index contributed by atoms with van der Waals surface area (Å²) in [5.74, 6) is 3.34. The largest absolute Gasteiger partial charge is 0.0817 e. The maximum atomic E-state index is 2.62. The van der Waals surface area contributed by atoms with Crippen LogP contribution in [0.5, 0.6) is 0 Å². The molecule has 0 radical (unpaired) electrons. The second-order valence-electron chi connectivity index (χ2n) is 8.38. The van der Waals surface area contributed by atoms with E-state index in [1.54, 1.807) is 16.7 Å². The molecule has 0 nitrogen and oxygen atoms in total. The predicted molar refractivity (Wildman–Crippen MR) is 85.1 cm³/mol. The first-order valence-corrected chi connectivity index (χ1v) is 8.03. The molecule has 4 unspecified atom stereocenters. The van der Waals surface area contributed by atoms with Gasteiger partial charge in [-0.1, -0.05) is 50.5 Å². The predicted octanol–water partition coefficient (Wildman–Crippen LogP) is 6.00. The zero-order valence-electron chi connectivity index (χ0n) is 14.0. The molecule has 2 aliphatic carbocycles. The second-order valence-corrected chi connectivity index (χ2v) is 8.38. The molecule has 108 valence electrons. The van der Waals surface area contributed by atoms with E-state index in [4.69, 9.17) is 0 Å². The summed E-state index contributed by atoms with van der Waals surface area (Å²) in [6, 6.07) is 0. The molecule has 0 aliphatic heterocycles. The monoisotopic (exact) mass is 260 g/mol. The van der Waals surface area contributed by atoms with E-state index in [0.717, 1.165) is 23.7 Å². The molecular formula is C19H32. The molecule has 2 aliphatic rings. The van der Waals surface area contributed by atoms with Crippen molar-refractivity contribution in [3.8, 4) is 0 Å². The Morgan fingerprint density at radius 1 is 1.16 bits per heavy atom. The molecule has 0 heterocycles. The summed E-state index contributed by atoms with van der Waals surface area (Å²) in [6.45, 7) is 16.7. The van der Waals surface area contributed by atoms with Crippen molar-refractivity contribution in [2.45, 2.75) is 67.7 Å². The Kier molecular flexibility index (Phi) is 4.00. The van der Waals surface area contributed by atoms with E-state index in [1.807, 2.05) is 0 Å². The lowest BCUT2D eigenvalue weighted by Crippen LogP contribution is -2.22. The van der Waals surface area contributed by atoms with Gasteiger partial charge in [0.15, 0.2) is 0 Å². The summed E-state index contributed by atoms with van der Waals surface area (Å²) in [5, 5.41) is 0. The van der Waals surface area contributed by atoms with Crippen LogP contribution in [-0.4, -0.2) is 0 Å². The van der Waals surface area contributed by atoms with Gasteiger partial charge in [0.1, 0.15) is 0 Å². The Balaban J connectivity index is 2.30. The lowest BCUT2D eigenvalue weighted by molar-refractivity contribution is 0.213. The summed E-state index contributed by atoms with van der Waals surface area (Å²) in [4.78, 5) is 0. The van der Waals surface area contributed by atoms with Crippen LogP contribution in [0, 0.1) is 29.1 Å². The van der Waals surface area contributed by atoms with Gasteiger partial charge in [0, 0.05) is 0 Å². The lowest BCUT2D eigenvalue weighted by Gasteiger charge is -2.31. The van der Waals surface area contributed by atoms with Crippen molar-refractivity contribution in [2.24, 2.45) is 29.1 Å². The Morgan fingerprint density at radius 3 is 2.32 bits per heavy atom. The van der Waals surface area contributed by atoms with Gasteiger partial charge in [-0.05, 0) is 69.1 Å². The van der Waals surface area contributed by atoms with Crippen LogP contribution in [0.4, 0.5) is 0 Å². The van der Waals surface area contributed by atoms with E-state index in [1.165, 1.54) is 19.3 Å². The summed E-state index contributed by atoms with van der Waals surface area (Å²) in [7, 11) is 0. The molecule has 0 aromatic heterocycles. The lowest BCUT2D eigenvalue weighted by atomic mass is 9.74. The zero-order valence-corrected chi connectivity index (χ0v) is 14.0. The molecule has 1 saturated carbocycles. The highest BCUT2D eigenvalue weighted by atomic mass is 14.4. The van der Waals surface area contributed by atoms with Crippen LogP contribution in [0.3, 0.4) is 0 Å². The normalized spacial score (nSPS) is 35.7. The highest BCUT2D eigenvalue weighted by Crippen LogP contribution is 2.50. The molecule has 0 aromatic rings. The second kappa shape index (κ2) is 5.11. The van der Waals surface area contributed by atoms with Crippen molar-refractivity contribution in [2.75, 3.05) is 0 Å². The third kappa shape index (κ3) is 2.98. The zero-order chi connectivity index (χ0) is 14.4. The van der Waals surface area contributed by atoms with Gasteiger partial charge < -0.3 is 0 Å². The smallest absolute Gasteiger partial charge is 0.0135 e. The van der Waals surface area contributed by atoms with Crippen LogP contribution in [0.2, 0.25) is 0 Å². The summed E-state index contributed by atoms with van der Waals surface area (Å²) in [6.07, 6.45) is 6.68. The summed E-state index contributed by atoms with van der Waals surface area (Å²) < 4.78 is 0. The fourth-order valence-corrected chi connectivity index (χ4v) is 4.12. The van der Waals surface area contributed by atoms with Crippen LogP contribution in [-0.2, 0) is 0 Å². The van der Waals surface area contributed by atoms with Crippen LogP contribution in [0.25, 0.3) is 0 Å². The highest BCUT2D eigenvalue weighted by Gasteiger charge is 2.40. The van der Waals surface area contributed by atoms with Gasteiger partial charge >= 0.3 is 0 Å². The number of rotatable bonds is 0. The highest BCUT2D eigenvalue weighted by molar-refractivity contribution is 5.25. The van der Waals surface area contributed by atoms with Gasteiger partial charge in [-0.25, -0.2) is 0 Å². The molecule has 0 N–H and O–H groups in total. The number of hydrogen-bond acceptors (Lipinski definition) is 0. The van der Waals surface area contributed by atoms with E-state index in [9.17, 15) is 0 Å². The van der Waals surface area contributed by atoms with Crippen LogP contribution in [0.1, 0.15) is 67.7 Å². The fraction of sp³-hybridized carbons (Fsp3) is 0.789. The van der Waals surface area contributed by atoms with Gasteiger partial charge in [-0.2, -0.15) is 0 Å². The van der Waals surface area contributed by atoms with Crippen molar-refractivity contribution in [1.29, 1.82) is 0 Å². The quantitative estimate of drug-likeness (QED) is 0.469. The van der Waals surface area contributed by atoms with Crippen molar-refractivity contribution in [3.05, 3.63) is 22.8 Å². The van der Waals surface area contributed by atoms with E-state index >= 15 is 0 Å². The van der Waals surface area contributed by atoms with E-state index in [-0.39, 0.29) is 0 Å². The first-order chi connectivity index (χ1) is 8.70. The molecule has 2 rings (SSSR count). The molecule has 1 fully saturated rings. The van der Waals surface area contributed by atoms with Gasteiger partial charge in [-0.15, -0.1) is 0 Å². The molecule has 0 heteroatoms. The molecular weight excluding hydrogens is 228 g/mol. The topological polar surface area (TPSA) is 0 Å². The Hall–Kier alpha value is -0.520. The van der Waals surface area contributed by atoms with Crippen LogP contribution in [0.15, 0.2) is 22.8 Å². The van der Waals surface area contributed by atoms with E-state index in [0.29, 0.717) is 5.41 Å². The van der Waals surface area contributed by atoms with Crippen molar-refractivity contribution < 1.29 is 0 Å². The third-order valence-electron chi connectivity index (χ3n) is 5.69. The maximum absolute atomic E-state index is 2.62. The minimum Gasteiger partial charge on any atom is -0.0817 e. The summed E-state index contributed by atoms with van der Waals surface area (Å²) >= 11 is 0. The number of allylic oxidation sites excluding steroid dienone is 4. The minimum absolute atomic E-state index is 0.410. The molecule has 0 bridgehead atoms. The average molecular weight is 260 g/mol. The standard InChI is InChI=1S/C19H32/c1-12(2)15-10-17-13(3)8-16(19(5,6)7)9-14(4)18(17)11-15/h8,14,16-18H,9-11H2,1-7H3. The molecule has 0 aromatic carbocycles. The Labute approximate surface area is 120 Å². The first-order valence-electron chi connectivity index (χ1n) is 8.03. The van der Waals surface area contributed by atoms with Gasteiger partial charge in [-0.3, -0.25) is 0 Å². The van der Waals surface area contributed by atoms with E-state index < -0.39 is 0 Å². The first kappa shape index (κ1) is 14.9. The van der Waals surface area contributed by atoms with Crippen LogP contribution < -0.4 is 0 Å². The van der Waals surface area contributed by atoms with Crippen molar-refractivity contribution >= 4 is 0 Å². The molecule has 19 heavy (non-hydrogen) atoms. The molecule has 0 spiro atoms. The minimum atomic E-state index is 0.410. The fourth-order valence-electron chi connectivity index (χ4n) is 4.12. The van der Waals surface area contributed by atoms with Gasteiger partial charge in [0.2, 0.25) is 0 Å². The SMILES string of the molecule is CC1=CC(C(C)(C)C)CC(C)C2CC(=C(C)C)CC12. The van der Waals surface area contributed by atoms with E-state index in [2.05, 4.69) is 54.5 Å². The number of hydrogen-bond donors (Lipinski definition) is 0. The number of fused-ring (bicyclic) bond motifs is 1. The molecule has 0 amide bonds. The van der Waals surface area contributed by atoms with Gasteiger partial charge in [0.05, 0.1) is 0 Å². The average Bonchev–Trinajstić information content (AvgIpc) is 2.67. The van der Waals surface area contributed by atoms with Crippen LogP contribution >= 0.6 is 0 Å². The van der Waals surface area contributed by atoms with Crippen molar-refractivity contribution in [1.82, 2.24) is 0 Å². The molecule has 0 saturated heterocycles. The Morgan fingerprint density at radius 2 is 1.79 bits per heavy atom. The van der Waals surface area contributed by atoms with Crippen molar-refractivity contribution in [3.63, 3.8) is 0 Å². The van der Waals surface area contributed by atoms with Gasteiger partial charge in [0.25, 0.3) is 0 Å².